The van der Waals surface area contributed by atoms with Crippen molar-refractivity contribution in [3.8, 4) is 11.3 Å². The molecule has 0 aliphatic rings. The van der Waals surface area contributed by atoms with Gasteiger partial charge in [-0.05, 0) is 12.1 Å². The van der Waals surface area contributed by atoms with E-state index in [9.17, 15) is 17.6 Å². The van der Waals surface area contributed by atoms with Crippen molar-refractivity contribution in [1.29, 1.82) is 0 Å². The van der Waals surface area contributed by atoms with Gasteiger partial charge < -0.3 is 0 Å². The summed E-state index contributed by atoms with van der Waals surface area (Å²) in [6.07, 6.45) is 2.01. The topological polar surface area (TPSA) is 69.0 Å². The van der Waals surface area contributed by atoms with Crippen molar-refractivity contribution in [2.75, 3.05) is 11.5 Å². The highest BCUT2D eigenvalue weighted by Gasteiger charge is 2.15. The summed E-state index contributed by atoms with van der Waals surface area (Å²) in [6.45, 7) is 1.70. The fraction of sp³-hybridized carbons (Fsp3) is 0.286. The number of hydrogen-bond donors (Lipinski definition) is 0. The zero-order valence-corrected chi connectivity index (χ0v) is 12.3. The molecular formula is C14H15FN2O3S. The average molecular weight is 310 g/mol. The van der Waals surface area contributed by atoms with E-state index >= 15 is 0 Å². The molecule has 5 nitrogen and oxygen atoms in total. The van der Waals surface area contributed by atoms with Crippen molar-refractivity contribution in [2.45, 2.75) is 13.5 Å². The van der Waals surface area contributed by atoms with Gasteiger partial charge in [-0.25, -0.2) is 12.8 Å². The van der Waals surface area contributed by atoms with Crippen molar-refractivity contribution >= 4 is 16.1 Å². The maximum Gasteiger partial charge on any atom is 0.153 e. The minimum atomic E-state index is -3.12. The van der Waals surface area contributed by atoms with Crippen LogP contribution in [0.25, 0.3) is 11.3 Å². The first-order valence-electron chi connectivity index (χ1n) is 6.45. The normalized spacial score (nSPS) is 11.5. The minimum Gasteiger partial charge on any atom is -0.298 e. The molecule has 0 saturated heterocycles. The third kappa shape index (κ3) is 3.55. The second kappa shape index (κ2) is 6.17. The zero-order valence-electron chi connectivity index (χ0n) is 11.5. The molecule has 7 heteroatoms. The number of nitrogens with zero attached hydrogens (tertiary/aromatic N) is 2. The lowest BCUT2D eigenvalue weighted by Crippen LogP contribution is -2.14. The lowest BCUT2D eigenvalue weighted by atomic mass is 10.1. The highest BCUT2D eigenvalue weighted by Crippen LogP contribution is 2.23. The van der Waals surface area contributed by atoms with Crippen molar-refractivity contribution < 1.29 is 17.6 Å². The zero-order chi connectivity index (χ0) is 15.5. The number of halogens is 1. The van der Waals surface area contributed by atoms with Gasteiger partial charge in [0.05, 0.1) is 17.9 Å². The lowest BCUT2D eigenvalue weighted by molar-refractivity contribution is 0.112. The van der Waals surface area contributed by atoms with E-state index < -0.39 is 15.7 Å². The highest BCUT2D eigenvalue weighted by atomic mass is 32.2. The molecule has 2 rings (SSSR count). The van der Waals surface area contributed by atoms with Crippen molar-refractivity contribution in [3.05, 3.63) is 41.8 Å². The number of aryl methyl sites for hydroxylation is 1. The summed E-state index contributed by atoms with van der Waals surface area (Å²) in [5, 5.41) is 4.13. The molecule has 1 aromatic carbocycles. The smallest absolute Gasteiger partial charge is 0.153 e. The number of benzene rings is 1. The number of aromatic nitrogens is 2. The quantitative estimate of drug-likeness (QED) is 0.765. The van der Waals surface area contributed by atoms with E-state index in [0.29, 0.717) is 6.29 Å². The molecule has 2 aromatic rings. The summed E-state index contributed by atoms with van der Waals surface area (Å²) in [4.78, 5) is 11.1. The van der Waals surface area contributed by atoms with Gasteiger partial charge in [-0.3, -0.25) is 9.48 Å². The molecule has 0 N–H and O–H groups in total. The predicted molar refractivity (Wildman–Crippen MR) is 77.3 cm³/mol. The van der Waals surface area contributed by atoms with Crippen molar-refractivity contribution in [2.24, 2.45) is 0 Å². The van der Waals surface area contributed by atoms with E-state index in [1.165, 1.54) is 23.0 Å². The summed E-state index contributed by atoms with van der Waals surface area (Å²) in [5.74, 6) is -0.498. The summed E-state index contributed by atoms with van der Waals surface area (Å²) >= 11 is 0. The molecule has 0 aliphatic heterocycles. The van der Waals surface area contributed by atoms with E-state index in [0.717, 1.165) is 0 Å². The molecule has 0 bridgehead atoms. The van der Waals surface area contributed by atoms with Crippen LogP contribution in [0.2, 0.25) is 0 Å². The van der Waals surface area contributed by atoms with Crippen molar-refractivity contribution in [1.82, 2.24) is 9.78 Å². The number of rotatable bonds is 6. The Morgan fingerprint density at radius 1 is 1.33 bits per heavy atom. The van der Waals surface area contributed by atoms with E-state index in [1.54, 1.807) is 19.1 Å². The third-order valence-electron chi connectivity index (χ3n) is 3.12. The standard InChI is InChI=1S/C14H15FN2O3S/c1-2-21(19,20)8-7-17-9-11(10-18)14(16-17)12-5-3-4-6-13(12)15/h3-6,9-10H,2,7-8H2,1H3. The molecule has 0 spiro atoms. The first kappa shape index (κ1) is 15.4. The molecule has 0 aliphatic carbocycles. The Labute approximate surface area is 122 Å². The summed E-state index contributed by atoms with van der Waals surface area (Å²) in [6, 6.07) is 6.00. The van der Waals surface area contributed by atoms with Crippen LogP contribution >= 0.6 is 0 Å². The number of hydrogen-bond acceptors (Lipinski definition) is 4. The van der Waals surface area contributed by atoms with Gasteiger partial charge in [-0.15, -0.1) is 0 Å². The second-order valence-corrected chi connectivity index (χ2v) is 7.00. The summed E-state index contributed by atoms with van der Waals surface area (Å²) in [7, 11) is -3.12. The predicted octanol–water partition coefficient (Wildman–Crippen LogP) is 1.94. The van der Waals surface area contributed by atoms with Crippen LogP contribution in [0, 0.1) is 5.82 Å². The van der Waals surface area contributed by atoms with Crippen LogP contribution < -0.4 is 0 Å². The SMILES string of the molecule is CCS(=O)(=O)CCn1cc(C=O)c(-c2ccccc2F)n1. The Bertz CT molecular complexity index is 753. The molecular weight excluding hydrogens is 295 g/mol. The third-order valence-corrected chi connectivity index (χ3v) is 4.80. The molecule has 0 unspecified atom stereocenters. The Morgan fingerprint density at radius 3 is 2.67 bits per heavy atom. The Kier molecular flexibility index (Phi) is 4.52. The van der Waals surface area contributed by atoms with Gasteiger partial charge >= 0.3 is 0 Å². The molecule has 1 aromatic heterocycles. The average Bonchev–Trinajstić information content (AvgIpc) is 2.89. The molecule has 0 atom stereocenters. The van der Waals surface area contributed by atoms with Gasteiger partial charge in [-0.1, -0.05) is 19.1 Å². The van der Waals surface area contributed by atoms with E-state index in [1.807, 2.05) is 0 Å². The van der Waals surface area contributed by atoms with Gasteiger partial charge in [0.15, 0.2) is 16.1 Å². The van der Waals surface area contributed by atoms with Gasteiger partial charge in [0.1, 0.15) is 11.5 Å². The highest BCUT2D eigenvalue weighted by molar-refractivity contribution is 7.91. The lowest BCUT2D eigenvalue weighted by Gasteiger charge is -2.02. The Balaban J connectivity index is 2.33. The van der Waals surface area contributed by atoms with Gasteiger partial charge in [0.2, 0.25) is 0 Å². The maximum absolute atomic E-state index is 13.8. The van der Waals surface area contributed by atoms with Crippen LogP contribution in [-0.4, -0.2) is 36.0 Å². The first-order chi connectivity index (χ1) is 9.96. The summed E-state index contributed by atoms with van der Waals surface area (Å²) in [5.41, 5.74) is 0.669. The second-order valence-electron chi connectivity index (χ2n) is 4.53. The van der Waals surface area contributed by atoms with Crippen LogP contribution in [0.15, 0.2) is 30.5 Å². The van der Waals surface area contributed by atoms with E-state index in [2.05, 4.69) is 5.10 Å². The maximum atomic E-state index is 13.8. The van der Waals surface area contributed by atoms with Gasteiger partial charge in [0, 0.05) is 17.5 Å². The number of aldehydes is 1. The fourth-order valence-corrected chi connectivity index (χ4v) is 2.63. The molecule has 0 saturated carbocycles. The number of carbonyl (C=O) groups excluding carboxylic acids is 1. The van der Waals surface area contributed by atoms with Crippen LogP contribution in [0.5, 0.6) is 0 Å². The van der Waals surface area contributed by atoms with Crippen molar-refractivity contribution in [3.63, 3.8) is 0 Å². The first-order valence-corrected chi connectivity index (χ1v) is 8.27. The molecule has 112 valence electrons. The van der Waals surface area contributed by atoms with Gasteiger partial charge in [-0.2, -0.15) is 5.10 Å². The van der Waals surface area contributed by atoms with Crippen LogP contribution in [0.1, 0.15) is 17.3 Å². The molecule has 0 fully saturated rings. The van der Waals surface area contributed by atoms with Crippen LogP contribution in [-0.2, 0) is 16.4 Å². The van der Waals surface area contributed by atoms with Crippen LogP contribution in [0.3, 0.4) is 0 Å². The molecule has 21 heavy (non-hydrogen) atoms. The molecule has 1 heterocycles. The van der Waals surface area contributed by atoms with E-state index in [4.69, 9.17) is 0 Å². The van der Waals surface area contributed by atoms with Crippen LogP contribution in [0.4, 0.5) is 4.39 Å². The minimum absolute atomic E-state index is 0.0506. The van der Waals surface area contributed by atoms with Gasteiger partial charge in [0.25, 0.3) is 0 Å². The fourth-order valence-electron chi connectivity index (χ4n) is 1.88. The number of carbonyl (C=O) groups is 1. The number of sulfone groups is 1. The Hall–Kier alpha value is -2.02. The molecule has 0 amide bonds. The summed E-state index contributed by atoms with van der Waals surface area (Å²) < 4.78 is 38.1. The Morgan fingerprint density at radius 2 is 2.05 bits per heavy atom. The van der Waals surface area contributed by atoms with E-state index in [-0.39, 0.29) is 34.9 Å². The largest absolute Gasteiger partial charge is 0.298 e. The molecule has 0 radical (unpaired) electrons. The monoisotopic (exact) mass is 310 g/mol.